The smallest absolute Gasteiger partial charge is 0.353 e. The minimum atomic E-state index is -1.20. The third kappa shape index (κ3) is 2.78. The van der Waals surface area contributed by atoms with E-state index in [4.69, 9.17) is 5.11 Å². The van der Waals surface area contributed by atoms with E-state index < -0.39 is 30.1 Å². The average Bonchev–Trinajstić information content (AvgIpc) is 3.23. The molecule has 4 amide bonds. The number of β-amino-alcohol motifs (C(OH)–C–C–N with tert-alkyl or cyclic N) is 1. The van der Waals surface area contributed by atoms with Crippen LogP contribution in [0, 0.1) is 11.8 Å². The van der Waals surface area contributed by atoms with Gasteiger partial charge in [0.2, 0.25) is 5.91 Å². The van der Waals surface area contributed by atoms with Crippen LogP contribution < -0.4 is 0 Å². The molecule has 0 saturated carbocycles. The molecule has 4 aliphatic rings. The molecule has 0 aliphatic carbocycles. The molecular weight excluding hydrogens is 402 g/mol. The van der Waals surface area contributed by atoms with Crippen LogP contribution in [-0.2, 0) is 14.4 Å². The number of nitrogens with zero attached hydrogens (tertiary/aromatic N) is 3. The monoisotopic (exact) mass is 425 g/mol. The summed E-state index contributed by atoms with van der Waals surface area (Å²) in [5, 5.41) is 28.5. The first kappa shape index (κ1) is 20.2. The molecule has 10 nitrogen and oxygen atoms in total. The van der Waals surface area contributed by atoms with Gasteiger partial charge in [0, 0.05) is 22.6 Å². The maximum absolute atomic E-state index is 12.4. The SMILES string of the molecule is C[C@@H](O)[C@H]1C(=O)N2C(C(=O)O)=C(S[C@H]3C[C@@H]4C(=O)N(CCO)C(=O)N4C3)[C@H](C)[C@H]12. The summed E-state index contributed by atoms with van der Waals surface area (Å²) in [6.45, 7) is 3.33. The number of carbonyl (C=O) groups is 4. The maximum atomic E-state index is 12.4. The number of hydrogen-bond donors (Lipinski definition) is 3. The number of amides is 4. The quantitative estimate of drug-likeness (QED) is 0.374. The molecule has 3 fully saturated rings. The van der Waals surface area contributed by atoms with Gasteiger partial charge in [-0.2, -0.15) is 0 Å². The molecule has 3 saturated heterocycles. The third-order valence-electron chi connectivity index (χ3n) is 6.22. The second-order valence-electron chi connectivity index (χ2n) is 7.91. The lowest BCUT2D eigenvalue weighted by atomic mass is 9.79. The molecule has 158 valence electrons. The highest BCUT2D eigenvalue weighted by atomic mass is 32.2. The van der Waals surface area contributed by atoms with Gasteiger partial charge in [-0.3, -0.25) is 14.5 Å². The first-order valence-electron chi connectivity index (χ1n) is 9.57. The highest BCUT2D eigenvalue weighted by molar-refractivity contribution is 8.03. The third-order valence-corrected chi connectivity index (χ3v) is 7.71. The number of β-lactam (4-membered cyclic amide) rings is 1. The topological polar surface area (TPSA) is 139 Å². The summed E-state index contributed by atoms with van der Waals surface area (Å²) >= 11 is 1.31. The van der Waals surface area contributed by atoms with Gasteiger partial charge in [0.25, 0.3) is 5.91 Å². The Hall–Kier alpha value is -2.11. The summed E-state index contributed by atoms with van der Waals surface area (Å²) in [4.78, 5) is 53.5. The van der Waals surface area contributed by atoms with Crippen LogP contribution in [0.4, 0.5) is 4.79 Å². The lowest BCUT2D eigenvalue weighted by molar-refractivity contribution is -0.163. The van der Waals surface area contributed by atoms with E-state index in [-0.39, 0.29) is 47.9 Å². The molecule has 0 aromatic carbocycles. The van der Waals surface area contributed by atoms with Crippen molar-refractivity contribution < 1.29 is 34.5 Å². The van der Waals surface area contributed by atoms with E-state index in [1.165, 1.54) is 28.5 Å². The number of aliphatic carboxylic acids is 1. The number of hydrogen-bond acceptors (Lipinski definition) is 7. The van der Waals surface area contributed by atoms with Gasteiger partial charge in [0.05, 0.1) is 31.2 Å². The summed E-state index contributed by atoms with van der Waals surface area (Å²) in [5.41, 5.74) is -0.0546. The average molecular weight is 425 g/mol. The molecule has 0 bridgehead atoms. The second-order valence-corrected chi connectivity index (χ2v) is 9.25. The van der Waals surface area contributed by atoms with E-state index in [2.05, 4.69) is 0 Å². The lowest BCUT2D eigenvalue weighted by Crippen LogP contribution is -2.63. The van der Waals surface area contributed by atoms with Gasteiger partial charge in [-0.05, 0) is 13.3 Å². The van der Waals surface area contributed by atoms with E-state index in [1.54, 1.807) is 0 Å². The number of aliphatic hydroxyl groups excluding tert-OH is 2. The van der Waals surface area contributed by atoms with Crippen LogP contribution in [0.1, 0.15) is 20.3 Å². The van der Waals surface area contributed by atoms with E-state index >= 15 is 0 Å². The van der Waals surface area contributed by atoms with Crippen molar-refractivity contribution in [3.63, 3.8) is 0 Å². The lowest BCUT2D eigenvalue weighted by Gasteiger charge is -2.46. The van der Waals surface area contributed by atoms with Crippen LogP contribution in [0.2, 0.25) is 0 Å². The zero-order valence-corrected chi connectivity index (χ0v) is 16.8. The maximum Gasteiger partial charge on any atom is 0.353 e. The normalized spacial score (nSPS) is 34.7. The van der Waals surface area contributed by atoms with Crippen molar-refractivity contribution in [2.24, 2.45) is 11.8 Å². The van der Waals surface area contributed by atoms with Crippen LogP contribution in [-0.4, -0.2) is 97.0 Å². The van der Waals surface area contributed by atoms with Crippen LogP contribution in [0.3, 0.4) is 0 Å². The van der Waals surface area contributed by atoms with Crippen molar-refractivity contribution in [2.45, 2.75) is 43.7 Å². The fourth-order valence-corrected chi connectivity index (χ4v) is 6.45. The van der Waals surface area contributed by atoms with Gasteiger partial charge in [0.15, 0.2) is 0 Å². The van der Waals surface area contributed by atoms with E-state index in [1.807, 2.05) is 6.92 Å². The molecule has 11 heteroatoms. The molecule has 0 radical (unpaired) electrons. The Morgan fingerprint density at radius 1 is 1.28 bits per heavy atom. The highest BCUT2D eigenvalue weighted by Crippen LogP contribution is 2.52. The summed E-state index contributed by atoms with van der Waals surface area (Å²) in [6, 6.07) is -1.42. The minimum absolute atomic E-state index is 0.0344. The van der Waals surface area contributed by atoms with E-state index in [0.29, 0.717) is 17.9 Å². The zero-order valence-electron chi connectivity index (χ0n) is 16.0. The predicted molar refractivity (Wildman–Crippen MR) is 100 cm³/mol. The summed E-state index contributed by atoms with van der Waals surface area (Å²) in [7, 11) is 0. The zero-order chi connectivity index (χ0) is 21.2. The standard InChI is InChI=1S/C18H23N3O7S/c1-7-12-11(8(2)23)16(25)21(12)13(17(26)27)14(7)29-9-5-10-15(24)19(3-4-22)18(28)20(10)6-9/h7-12,22-23H,3-6H2,1-2H3,(H,26,27)/t7-,8-,9+,10-,11-,12-/m1/s1. The number of rotatable bonds is 6. The van der Waals surface area contributed by atoms with Crippen molar-refractivity contribution in [1.82, 2.24) is 14.7 Å². The molecule has 4 heterocycles. The number of fused-ring (bicyclic) bond motifs is 2. The largest absolute Gasteiger partial charge is 0.477 e. The number of aliphatic hydroxyl groups is 2. The van der Waals surface area contributed by atoms with Crippen LogP contribution in [0.5, 0.6) is 0 Å². The Labute approximate surface area is 171 Å². The molecule has 4 rings (SSSR count). The van der Waals surface area contributed by atoms with Crippen molar-refractivity contribution >= 4 is 35.6 Å². The van der Waals surface area contributed by atoms with Gasteiger partial charge in [-0.15, -0.1) is 11.8 Å². The minimum Gasteiger partial charge on any atom is -0.477 e. The fourth-order valence-electron chi connectivity index (χ4n) is 4.92. The Morgan fingerprint density at radius 3 is 2.52 bits per heavy atom. The molecule has 0 spiro atoms. The number of thioether (sulfide) groups is 1. The highest BCUT2D eigenvalue weighted by Gasteiger charge is 2.60. The van der Waals surface area contributed by atoms with Crippen molar-refractivity contribution in [2.75, 3.05) is 19.7 Å². The molecular formula is C18H23N3O7S. The van der Waals surface area contributed by atoms with Crippen molar-refractivity contribution in [3.8, 4) is 0 Å². The summed E-state index contributed by atoms with van der Waals surface area (Å²) in [5.74, 6) is -2.80. The van der Waals surface area contributed by atoms with E-state index in [9.17, 15) is 29.4 Å². The molecule has 0 aromatic rings. The van der Waals surface area contributed by atoms with Crippen molar-refractivity contribution in [3.05, 3.63) is 10.6 Å². The van der Waals surface area contributed by atoms with Gasteiger partial charge in [0.1, 0.15) is 11.7 Å². The first-order chi connectivity index (χ1) is 13.7. The van der Waals surface area contributed by atoms with Gasteiger partial charge >= 0.3 is 12.0 Å². The van der Waals surface area contributed by atoms with Crippen molar-refractivity contribution in [1.29, 1.82) is 0 Å². The number of carbonyl (C=O) groups excluding carboxylic acids is 3. The fraction of sp³-hybridized carbons (Fsp3) is 0.667. The Morgan fingerprint density at radius 2 is 1.97 bits per heavy atom. The molecule has 0 aromatic heterocycles. The molecule has 4 aliphatic heterocycles. The van der Waals surface area contributed by atoms with E-state index in [0.717, 1.165) is 4.90 Å². The molecule has 29 heavy (non-hydrogen) atoms. The van der Waals surface area contributed by atoms with Gasteiger partial charge in [-0.25, -0.2) is 9.59 Å². The van der Waals surface area contributed by atoms with Crippen LogP contribution in [0.25, 0.3) is 0 Å². The predicted octanol–water partition coefficient (Wildman–Crippen LogP) is -0.729. The Balaban J connectivity index is 1.53. The van der Waals surface area contributed by atoms with Gasteiger partial charge < -0.3 is 25.1 Å². The second kappa shape index (κ2) is 6.99. The number of urea groups is 1. The first-order valence-corrected chi connectivity index (χ1v) is 10.4. The van der Waals surface area contributed by atoms with Crippen LogP contribution >= 0.6 is 11.8 Å². The molecule has 6 atom stereocenters. The van der Waals surface area contributed by atoms with Crippen LogP contribution in [0.15, 0.2) is 10.6 Å². The molecule has 3 N–H and O–H groups in total. The molecule has 0 unspecified atom stereocenters. The Kier molecular flexibility index (Phi) is 4.87. The summed E-state index contributed by atoms with van der Waals surface area (Å²) in [6.07, 6.45) is -0.478. The van der Waals surface area contributed by atoms with Gasteiger partial charge in [-0.1, -0.05) is 6.92 Å². The number of carboxylic acids is 1. The number of imide groups is 1. The summed E-state index contributed by atoms with van der Waals surface area (Å²) < 4.78 is 0. The number of carboxylic acid groups (broad SMARTS) is 1. The Bertz CT molecular complexity index is 804.